The fraction of sp³-hybridized carbons (Fsp3) is 0.765. The average molecular weight is 304 g/mol. The molecule has 0 aromatic carbocycles. The van der Waals surface area contributed by atoms with Crippen molar-refractivity contribution in [3.63, 3.8) is 0 Å². The third-order valence-electron chi connectivity index (χ3n) is 5.57. The molecule has 0 aromatic rings. The SMILES string of the molecule is O=C(C1CC=CC2CCN(C3CC3)C(=O)C21)N1CCOCC1. The van der Waals surface area contributed by atoms with Crippen molar-refractivity contribution in [2.75, 3.05) is 32.8 Å². The topological polar surface area (TPSA) is 49.9 Å². The first kappa shape index (κ1) is 14.2. The maximum Gasteiger partial charge on any atom is 0.227 e. The average Bonchev–Trinajstić information content (AvgIpc) is 3.40. The molecule has 3 atom stereocenters. The first-order chi connectivity index (χ1) is 10.8. The molecule has 5 nitrogen and oxygen atoms in total. The summed E-state index contributed by atoms with van der Waals surface area (Å²) in [4.78, 5) is 29.8. The first-order valence-corrected chi connectivity index (χ1v) is 8.59. The monoisotopic (exact) mass is 304 g/mol. The smallest absolute Gasteiger partial charge is 0.227 e. The molecule has 3 unspecified atom stereocenters. The van der Waals surface area contributed by atoms with E-state index < -0.39 is 0 Å². The number of ether oxygens (including phenoxy) is 1. The number of carbonyl (C=O) groups is 2. The lowest BCUT2D eigenvalue weighted by atomic mass is 9.71. The minimum atomic E-state index is -0.165. The van der Waals surface area contributed by atoms with Crippen LogP contribution in [0.25, 0.3) is 0 Å². The molecule has 1 saturated carbocycles. The molecule has 2 heterocycles. The number of allylic oxidation sites excluding steroid dienone is 2. The molecule has 22 heavy (non-hydrogen) atoms. The number of carbonyl (C=O) groups excluding carboxylic acids is 2. The number of hydrogen-bond donors (Lipinski definition) is 0. The lowest BCUT2D eigenvalue weighted by Crippen LogP contribution is -2.54. The van der Waals surface area contributed by atoms with Gasteiger partial charge in [-0.2, -0.15) is 0 Å². The summed E-state index contributed by atoms with van der Waals surface area (Å²) in [6, 6.07) is 0.457. The van der Waals surface area contributed by atoms with Crippen molar-refractivity contribution in [2.45, 2.75) is 31.7 Å². The Morgan fingerprint density at radius 2 is 1.91 bits per heavy atom. The molecular weight excluding hydrogens is 280 g/mol. The van der Waals surface area contributed by atoms with Crippen LogP contribution in [0.5, 0.6) is 0 Å². The Kier molecular flexibility index (Phi) is 3.68. The number of rotatable bonds is 2. The van der Waals surface area contributed by atoms with Crippen molar-refractivity contribution in [1.29, 1.82) is 0 Å². The quantitative estimate of drug-likeness (QED) is 0.717. The highest BCUT2D eigenvalue weighted by molar-refractivity contribution is 5.89. The highest BCUT2D eigenvalue weighted by atomic mass is 16.5. The van der Waals surface area contributed by atoms with Crippen molar-refractivity contribution in [3.8, 4) is 0 Å². The van der Waals surface area contributed by atoms with Crippen LogP contribution < -0.4 is 0 Å². The molecule has 0 bridgehead atoms. The summed E-state index contributed by atoms with van der Waals surface area (Å²) < 4.78 is 5.34. The van der Waals surface area contributed by atoms with Crippen LogP contribution in [0.3, 0.4) is 0 Å². The third-order valence-corrected chi connectivity index (χ3v) is 5.57. The van der Waals surface area contributed by atoms with Gasteiger partial charge in [-0.15, -0.1) is 0 Å². The zero-order valence-electron chi connectivity index (χ0n) is 12.9. The molecule has 0 aromatic heterocycles. The van der Waals surface area contributed by atoms with Gasteiger partial charge in [0.15, 0.2) is 0 Å². The van der Waals surface area contributed by atoms with Gasteiger partial charge in [0.05, 0.1) is 25.0 Å². The van der Waals surface area contributed by atoms with E-state index in [-0.39, 0.29) is 29.6 Å². The lowest BCUT2D eigenvalue weighted by Gasteiger charge is -2.43. The molecule has 0 N–H and O–H groups in total. The van der Waals surface area contributed by atoms with Crippen molar-refractivity contribution in [3.05, 3.63) is 12.2 Å². The summed E-state index contributed by atoms with van der Waals surface area (Å²) in [5.74, 6) is 0.353. The van der Waals surface area contributed by atoms with Crippen LogP contribution in [0.4, 0.5) is 0 Å². The van der Waals surface area contributed by atoms with Gasteiger partial charge >= 0.3 is 0 Å². The molecule has 2 aliphatic heterocycles. The molecule has 4 rings (SSSR count). The summed E-state index contributed by atoms with van der Waals surface area (Å²) in [5.41, 5.74) is 0. The van der Waals surface area contributed by atoms with Crippen LogP contribution in [0.1, 0.15) is 25.7 Å². The predicted molar refractivity (Wildman–Crippen MR) is 81.0 cm³/mol. The van der Waals surface area contributed by atoms with Crippen LogP contribution in [0.2, 0.25) is 0 Å². The Morgan fingerprint density at radius 3 is 2.64 bits per heavy atom. The molecule has 4 aliphatic rings. The van der Waals surface area contributed by atoms with Crippen LogP contribution >= 0.6 is 0 Å². The zero-order chi connectivity index (χ0) is 15.1. The second-order valence-corrected chi connectivity index (χ2v) is 6.95. The van der Waals surface area contributed by atoms with Gasteiger partial charge in [-0.3, -0.25) is 9.59 Å². The minimum Gasteiger partial charge on any atom is -0.378 e. The van der Waals surface area contributed by atoms with Gasteiger partial charge in [-0.1, -0.05) is 12.2 Å². The van der Waals surface area contributed by atoms with Crippen LogP contribution in [-0.4, -0.2) is 60.5 Å². The first-order valence-electron chi connectivity index (χ1n) is 8.59. The van der Waals surface area contributed by atoms with E-state index in [9.17, 15) is 9.59 Å². The highest BCUT2D eigenvalue weighted by Gasteiger charge is 2.48. The van der Waals surface area contributed by atoms with E-state index >= 15 is 0 Å². The molecule has 2 saturated heterocycles. The van der Waals surface area contributed by atoms with E-state index in [2.05, 4.69) is 17.1 Å². The van der Waals surface area contributed by atoms with Gasteiger partial charge in [0.1, 0.15) is 0 Å². The van der Waals surface area contributed by atoms with E-state index in [1.54, 1.807) is 0 Å². The van der Waals surface area contributed by atoms with E-state index in [0.29, 0.717) is 38.8 Å². The molecule has 0 radical (unpaired) electrons. The van der Waals surface area contributed by atoms with E-state index in [1.165, 1.54) is 0 Å². The Hall–Kier alpha value is -1.36. The molecule has 3 fully saturated rings. The molecule has 2 aliphatic carbocycles. The summed E-state index contributed by atoms with van der Waals surface area (Å²) in [6.07, 6.45) is 8.29. The van der Waals surface area contributed by atoms with Crippen LogP contribution in [0.15, 0.2) is 12.2 Å². The number of amides is 2. The minimum absolute atomic E-state index is 0.130. The molecular formula is C17H24N2O3. The van der Waals surface area contributed by atoms with Crippen LogP contribution in [-0.2, 0) is 14.3 Å². The Balaban J connectivity index is 1.54. The Bertz CT molecular complexity index is 494. The number of fused-ring (bicyclic) bond motifs is 1. The van der Waals surface area contributed by atoms with E-state index in [1.807, 2.05) is 4.90 Å². The van der Waals surface area contributed by atoms with Gasteiger partial charge < -0.3 is 14.5 Å². The fourth-order valence-corrected chi connectivity index (χ4v) is 4.21. The van der Waals surface area contributed by atoms with Crippen LogP contribution in [0, 0.1) is 17.8 Å². The molecule has 2 amide bonds. The summed E-state index contributed by atoms with van der Waals surface area (Å²) in [7, 11) is 0. The molecule has 5 heteroatoms. The fourth-order valence-electron chi connectivity index (χ4n) is 4.21. The maximum atomic E-state index is 12.9. The zero-order valence-corrected chi connectivity index (χ0v) is 12.9. The van der Waals surface area contributed by atoms with E-state index in [4.69, 9.17) is 4.74 Å². The Morgan fingerprint density at radius 1 is 1.14 bits per heavy atom. The summed E-state index contributed by atoms with van der Waals surface area (Å²) >= 11 is 0. The van der Waals surface area contributed by atoms with E-state index in [0.717, 1.165) is 25.8 Å². The Labute approximate surface area is 131 Å². The number of morpholine rings is 1. The van der Waals surface area contributed by atoms with Gasteiger partial charge in [0, 0.05) is 25.7 Å². The molecule has 120 valence electrons. The number of nitrogens with zero attached hydrogens (tertiary/aromatic N) is 2. The maximum absolute atomic E-state index is 12.9. The predicted octanol–water partition coefficient (Wildman–Crippen LogP) is 1.05. The normalized spacial score (nSPS) is 35.5. The summed E-state index contributed by atoms with van der Waals surface area (Å²) in [6.45, 7) is 3.43. The van der Waals surface area contributed by atoms with Crippen molar-refractivity contribution < 1.29 is 14.3 Å². The van der Waals surface area contributed by atoms with Gasteiger partial charge in [-0.05, 0) is 31.6 Å². The third kappa shape index (κ3) is 2.45. The second-order valence-electron chi connectivity index (χ2n) is 6.95. The van der Waals surface area contributed by atoms with Gasteiger partial charge in [0.2, 0.25) is 11.8 Å². The lowest BCUT2D eigenvalue weighted by molar-refractivity contribution is -0.153. The van der Waals surface area contributed by atoms with Crippen molar-refractivity contribution >= 4 is 11.8 Å². The summed E-state index contributed by atoms with van der Waals surface area (Å²) in [5, 5.41) is 0. The molecule has 0 spiro atoms. The number of hydrogen-bond acceptors (Lipinski definition) is 3. The van der Waals surface area contributed by atoms with Crippen molar-refractivity contribution in [1.82, 2.24) is 9.80 Å². The van der Waals surface area contributed by atoms with Gasteiger partial charge in [-0.25, -0.2) is 0 Å². The standard InChI is InChI=1S/C17H24N2O3/c20-16(18-8-10-22-11-9-18)14-3-1-2-12-6-7-19(13-4-5-13)17(21)15(12)14/h1-2,12-15H,3-11H2. The highest BCUT2D eigenvalue weighted by Crippen LogP contribution is 2.41. The number of likely N-dealkylation sites (tertiary alicyclic amines) is 1. The van der Waals surface area contributed by atoms with Gasteiger partial charge in [0.25, 0.3) is 0 Å². The second kappa shape index (κ2) is 5.69. The largest absolute Gasteiger partial charge is 0.378 e. The van der Waals surface area contributed by atoms with Crippen molar-refractivity contribution in [2.24, 2.45) is 17.8 Å². The number of piperidine rings is 1.